The Kier molecular flexibility index (Phi) is 2.92. The van der Waals surface area contributed by atoms with Gasteiger partial charge in [0, 0.05) is 5.39 Å². The van der Waals surface area contributed by atoms with Crippen LogP contribution in [0.2, 0.25) is 0 Å². The van der Waals surface area contributed by atoms with Gasteiger partial charge in [-0.2, -0.15) is 13.2 Å². The van der Waals surface area contributed by atoms with Gasteiger partial charge < -0.3 is 0 Å². The van der Waals surface area contributed by atoms with Crippen LogP contribution in [0.4, 0.5) is 13.2 Å². The van der Waals surface area contributed by atoms with Crippen LogP contribution in [-0.2, 0) is 6.18 Å². The SMILES string of the molecule is NNC(=O)c1cc(C(F)(F)F)c2ccccc2n1. The van der Waals surface area contributed by atoms with Crippen LogP contribution in [0, 0.1) is 0 Å². The van der Waals surface area contributed by atoms with E-state index in [0.29, 0.717) is 6.07 Å². The van der Waals surface area contributed by atoms with Crippen LogP contribution in [0.3, 0.4) is 0 Å². The third-order valence-corrected chi connectivity index (χ3v) is 2.39. The molecule has 94 valence electrons. The monoisotopic (exact) mass is 255 g/mol. The molecule has 0 aliphatic carbocycles. The van der Waals surface area contributed by atoms with Crippen molar-refractivity contribution in [2.45, 2.75) is 6.18 Å². The molecule has 0 unspecified atom stereocenters. The van der Waals surface area contributed by atoms with E-state index in [-0.39, 0.29) is 16.6 Å². The third-order valence-electron chi connectivity index (χ3n) is 2.39. The van der Waals surface area contributed by atoms with E-state index < -0.39 is 17.6 Å². The first kappa shape index (κ1) is 12.3. The number of carbonyl (C=O) groups excluding carboxylic acids is 1. The highest BCUT2D eigenvalue weighted by atomic mass is 19.4. The summed E-state index contributed by atoms with van der Waals surface area (Å²) < 4.78 is 38.6. The van der Waals surface area contributed by atoms with Crippen molar-refractivity contribution in [2.24, 2.45) is 5.84 Å². The highest BCUT2D eigenvalue weighted by molar-refractivity contribution is 5.95. The molecule has 2 rings (SSSR count). The number of pyridine rings is 1. The molecule has 3 N–H and O–H groups in total. The van der Waals surface area contributed by atoms with E-state index in [1.165, 1.54) is 18.2 Å². The summed E-state index contributed by atoms with van der Waals surface area (Å²) in [5.74, 6) is 4.02. The Balaban J connectivity index is 2.77. The fraction of sp³-hybridized carbons (Fsp3) is 0.0909. The van der Waals surface area contributed by atoms with Gasteiger partial charge in [0.1, 0.15) is 5.69 Å². The predicted octanol–water partition coefficient (Wildman–Crippen LogP) is 1.86. The van der Waals surface area contributed by atoms with Gasteiger partial charge in [0.15, 0.2) is 0 Å². The summed E-state index contributed by atoms with van der Waals surface area (Å²) in [6.07, 6.45) is -4.56. The average Bonchev–Trinajstić information content (AvgIpc) is 2.35. The van der Waals surface area contributed by atoms with Crippen LogP contribution in [0.15, 0.2) is 30.3 Å². The minimum Gasteiger partial charge on any atom is -0.289 e. The molecule has 1 heterocycles. The van der Waals surface area contributed by atoms with Gasteiger partial charge in [0.25, 0.3) is 5.91 Å². The zero-order valence-corrected chi connectivity index (χ0v) is 8.95. The molecular formula is C11H8F3N3O. The first-order chi connectivity index (χ1) is 8.43. The molecule has 0 saturated carbocycles. The van der Waals surface area contributed by atoms with Crippen molar-refractivity contribution in [3.63, 3.8) is 0 Å². The Bertz CT molecular complexity index is 610. The lowest BCUT2D eigenvalue weighted by Gasteiger charge is -2.11. The Hall–Kier alpha value is -2.15. The zero-order chi connectivity index (χ0) is 13.3. The summed E-state index contributed by atoms with van der Waals surface area (Å²) in [6, 6.07) is 6.40. The number of hydrogen-bond donors (Lipinski definition) is 2. The number of halogens is 3. The summed E-state index contributed by atoms with van der Waals surface area (Å²) >= 11 is 0. The predicted molar refractivity (Wildman–Crippen MR) is 58.4 cm³/mol. The minimum atomic E-state index is -4.56. The molecule has 7 heteroatoms. The van der Waals surface area contributed by atoms with Crippen molar-refractivity contribution in [1.29, 1.82) is 0 Å². The normalized spacial score (nSPS) is 11.6. The molecule has 0 aliphatic heterocycles. The van der Waals surface area contributed by atoms with Gasteiger partial charge in [-0.1, -0.05) is 18.2 Å². The van der Waals surface area contributed by atoms with E-state index >= 15 is 0 Å². The van der Waals surface area contributed by atoms with E-state index in [1.807, 2.05) is 0 Å². The second kappa shape index (κ2) is 4.26. The van der Waals surface area contributed by atoms with Crippen molar-refractivity contribution in [3.8, 4) is 0 Å². The third kappa shape index (κ3) is 2.12. The number of nitrogens with one attached hydrogen (secondary N) is 1. The number of carbonyl (C=O) groups is 1. The Morgan fingerprint density at radius 3 is 2.56 bits per heavy atom. The van der Waals surface area contributed by atoms with Gasteiger partial charge in [-0.3, -0.25) is 10.2 Å². The number of para-hydroxylation sites is 1. The number of nitrogen functional groups attached to an aromatic ring is 1. The van der Waals surface area contributed by atoms with Crippen LogP contribution in [-0.4, -0.2) is 10.9 Å². The number of hydrazine groups is 1. The number of fused-ring (bicyclic) bond motifs is 1. The van der Waals surface area contributed by atoms with Crippen LogP contribution in [0.1, 0.15) is 16.1 Å². The summed E-state index contributed by atoms with van der Waals surface area (Å²) in [4.78, 5) is 15.1. The second-order valence-electron chi connectivity index (χ2n) is 3.54. The summed E-state index contributed by atoms with van der Waals surface area (Å²) in [6.45, 7) is 0. The maximum absolute atomic E-state index is 12.9. The molecule has 0 bridgehead atoms. The molecule has 0 radical (unpaired) electrons. The van der Waals surface area contributed by atoms with Crippen molar-refractivity contribution >= 4 is 16.8 Å². The molecule has 0 saturated heterocycles. The number of benzene rings is 1. The van der Waals surface area contributed by atoms with Crippen molar-refractivity contribution in [2.75, 3.05) is 0 Å². The second-order valence-corrected chi connectivity index (χ2v) is 3.54. The number of nitrogens with zero attached hydrogens (tertiary/aromatic N) is 1. The number of hydrogen-bond acceptors (Lipinski definition) is 3. The van der Waals surface area contributed by atoms with Crippen molar-refractivity contribution in [1.82, 2.24) is 10.4 Å². The lowest BCUT2D eigenvalue weighted by molar-refractivity contribution is -0.136. The average molecular weight is 255 g/mol. The molecule has 0 spiro atoms. The first-order valence-corrected chi connectivity index (χ1v) is 4.91. The molecule has 1 aromatic carbocycles. The van der Waals surface area contributed by atoms with Gasteiger partial charge in [-0.15, -0.1) is 0 Å². The van der Waals surface area contributed by atoms with E-state index in [2.05, 4.69) is 4.98 Å². The molecular weight excluding hydrogens is 247 g/mol. The van der Waals surface area contributed by atoms with Crippen LogP contribution >= 0.6 is 0 Å². The molecule has 0 aliphatic rings. The molecule has 0 atom stereocenters. The highest BCUT2D eigenvalue weighted by Crippen LogP contribution is 2.34. The molecule has 1 aromatic heterocycles. The van der Waals surface area contributed by atoms with E-state index in [0.717, 1.165) is 0 Å². The number of amides is 1. The molecule has 4 nitrogen and oxygen atoms in total. The number of rotatable bonds is 1. The lowest BCUT2D eigenvalue weighted by Crippen LogP contribution is -2.31. The smallest absolute Gasteiger partial charge is 0.289 e. The van der Waals surface area contributed by atoms with Crippen LogP contribution in [0.25, 0.3) is 10.9 Å². The summed E-state index contributed by atoms with van der Waals surface area (Å²) in [7, 11) is 0. The molecule has 2 aromatic rings. The number of alkyl halides is 3. The number of aromatic nitrogens is 1. The number of nitrogens with two attached hydrogens (primary N) is 1. The van der Waals surface area contributed by atoms with E-state index in [1.54, 1.807) is 11.5 Å². The molecule has 18 heavy (non-hydrogen) atoms. The van der Waals surface area contributed by atoms with Gasteiger partial charge in [0.05, 0.1) is 11.1 Å². The summed E-state index contributed by atoms with van der Waals surface area (Å²) in [5, 5.41) is -0.0569. The molecule has 1 amide bonds. The fourth-order valence-corrected chi connectivity index (χ4v) is 1.60. The Morgan fingerprint density at radius 1 is 1.28 bits per heavy atom. The van der Waals surface area contributed by atoms with Gasteiger partial charge >= 0.3 is 6.18 Å². The maximum atomic E-state index is 12.9. The standard InChI is InChI=1S/C11H8F3N3O/c12-11(13,14)7-5-9(10(18)17-15)16-8-4-2-1-3-6(7)8/h1-5H,15H2,(H,17,18). The van der Waals surface area contributed by atoms with E-state index in [9.17, 15) is 18.0 Å². The largest absolute Gasteiger partial charge is 0.417 e. The minimum absolute atomic E-state index is 0.0569. The first-order valence-electron chi connectivity index (χ1n) is 4.91. The molecule has 0 fully saturated rings. The lowest BCUT2D eigenvalue weighted by atomic mass is 10.1. The zero-order valence-electron chi connectivity index (χ0n) is 8.95. The maximum Gasteiger partial charge on any atom is 0.417 e. The topological polar surface area (TPSA) is 68.0 Å². The van der Waals surface area contributed by atoms with Crippen molar-refractivity contribution < 1.29 is 18.0 Å². The van der Waals surface area contributed by atoms with Gasteiger partial charge in [-0.25, -0.2) is 10.8 Å². The van der Waals surface area contributed by atoms with Gasteiger partial charge in [-0.05, 0) is 12.1 Å². The van der Waals surface area contributed by atoms with E-state index in [4.69, 9.17) is 5.84 Å². The van der Waals surface area contributed by atoms with Gasteiger partial charge in [0.2, 0.25) is 0 Å². The fourth-order valence-electron chi connectivity index (χ4n) is 1.60. The van der Waals surface area contributed by atoms with Crippen LogP contribution < -0.4 is 11.3 Å². The highest BCUT2D eigenvalue weighted by Gasteiger charge is 2.33. The quantitative estimate of drug-likeness (QED) is 0.464. The van der Waals surface area contributed by atoms with Crippen molar-refractivity contribution in [3.05, 3.63) is 41.6 Å². The Morgan fingerprint density at radius 2 is 1.94 bits per heavy atom. The van der Waals surface area contributed by atoms with Crippen LogP contribution in [0.5, 0.6) is 0 Å². The summed E-state index contributed by atoms with van der Waals surface area (Å²) in [5.41, 5.74) is 0.562. The Labute approximate surface area is 99.6 Å².